The molecule has 0 aliphatic carbocycles. The quantitative estimate of drug-likeness (QED) is 0.544. The van der Waals surface area contributed by atoms with E-state index in [1.807, 2.05) is 67.7 Å². The Hall–Kier alpha value is -2.72. The summed E-state index contributed by atoms with van der Waals surface area (Å²) in [5.74, 6) is 0.0195. The van der Waals surface area contributed by atoms with Crippen molar-refractivity contribution < 1.29 is 4.79 Å². The highest BCUT2D eigenvalue weighted by Crippen LogP contribution is 2.24. The molecule has 0 radical (unpaired) electrons. The van der Waals surface area contributed by atoms with Gasteiger partial charge >= 0.3 is 0 Å². The number of hydrogen-bond donors (Lipinski definition) is 0. The van der Waals surface area contributed by atoms with Crippen LogP contribution in [0, 0.1) is 0 Å². The molecular formula is C20H16N2OS. The van der Waals surface area contributed by atoms with Crippen LogP contribution in [-0.2, 0) is 6.54 Å². The van der Waals surface area contributed by atoms with Crippen molar-refractivity contribution in [3.8, 4) is 0 Å². The molecule has 0 N–H and O–H groups in total. The van der Waals surface area contributed by atoms with Crippen LogP contribution in [0.4, 0.5) is 0 Å². The first-order chi connectivity index (χ1) is 11.7. The van der Waals surface area contributed by atoms with E-state index in [0.717, 1.165) is 31.6 Å². The van der Waals surface area contributed by atoms with Crippen LogP contribution in [0.3, 0.4) is 0 Å². The first-order valence-electron chi connectivity index (χ1n) is 7.80. The number of rotatable bonds is 3. The molecule has 0 aliphatic rings. The molecule has 0 aliphatic heterocycles. The number of fused-ring (bicyclic) bond motifs is 2. The monoisotopic (exact) mass is 332 g/mol. The lowest BCUT2D eigenvalue weighted by molar-refractivity contribution is 0.0787. The molecule has 0 atom stereocenters. The van der Waals surface area contributed by atoms with Crippen LogP contribution in [0.2, 0.25) is 0 Å². The lowest BCUT2D eigenvalue weighted by atomic mass is 10.0. The molecule has 0 fully saturated rings. The molecule has 24 heavy (non-hydrogen) atoms. The molecule has 0 saturated carbocycles. The molecule has 1 heterocycles. The van der Waals surface area contributed by atoms with Crippen molar-refractivity contribution in [2.45, 2.75) is 6.54 Å². The number of carbonyl (C=O) groups is 1. The maximum absolute atomic E-state index is 12.9. The van der Waals surface area contributed by atoms with Gasteiger partial charge in [0.1, 0.15) is 5.01 Å². The van der Waals surface area contributed by atoms with Crippen LogP contribution in [-0.4, -0.2) is 22.8 Å². The number of carbonyl (C=O) groups excluding carboxylic acids is 1. The van der Waals surface area contributed by atoms with Crippen LogP contribution >= 0.6 is 11.3 Å². The van der Waals surface area contributed by atoms with Crippen molar-refractivity contribution in [1.82, 2.24) is 9.88 Å². The highest BCUT2D eigenvalue weighted by atomic mass is 32.1. The number of hydrogen-bond acceptors (Lipinski definition) is 3. The zero-order chi connectivity index (χ0) is 16.5. The van der Waals surface area contributed by atoms with Gasteiger partial charge in [-0.05, 0) is 29.0 Å². The highest BCUT2D eigenvalue weighted by Gasteiger charge is 2.16. The minimum absolute atomic E-state index is 0.0195. The second-order valence-electron chi connectivity index (χ2n) is 5.76. The normalized spacial score (nSPS) is 11.0. The van der Waals surface area contributed by atoms with Gasteiger partial charge in [0, 0.05) is 12.6 Å². The second kappa shape index (κ2) is 6.06. The summed E-state index contributed by atoms with van der Waals surface area (Å²) < 4.78 is 1.15. The van der Waals surface area contributed by atoms with Crippen LogP contribution < -0.4 is 0 Å². The van der Waals surface area contributed by atoms with Crippen molar-refractivity contribution in [3.05, 3.63) is 77.3 Å². The van der Waals surface area contributed by atoms with Crippen molar-refractivity contribution in [2.75, 3.05) is 7.05 Å². The molecule has 0 unspecified atom stereocenters. The van der Waals surface area contributed by atoms with Gasteiger partial charge in [0.15, 0.2) is 0 Å². The minimum Gasteiger partial charge on any atom is -0.335 e. The smallest absolute Gasteiger partial charge is 0.254 e. The van der Waals surface area contributed by atoms with E-state index >= 15 is 0 Å². The molecule has 3 aromatic carbocycles. The van der Waals surface area contributed by atoms with E-state index in [1.54, 1.807) is 16.2 Å². The number of benzene rings is 3. The Labute approximate surface area is 144 Å². The molecule has 4 heteroatoms. The summed E-state index contributed by atoms with van der Waals surface area (Å²) in [6.07, 6.45) is 0. The van der Waals surface area contributed by atoms with Gasteiger partial charge in [-0.25, -0.2) is 4.98 Å². The molecule has 1 aromatic heterocycles. The summed E-state index contributed by atoms with van der Waals surface area (Å²) >= 11 is 1.64. The third-order valence-corrected chi connectivity index (χ3v) is 5.10. The van der Waals surface area contributed by atoms with Crippen molar-refractivity contribution in [2.24, 2.45) is 0 Å². The maximum atomic E-state index is 12.9. The molecule has 4 rings (SSSR count). The Kier molecular flexibility index (Phi) is 3.75. The Morgan fingerprint density at radius 1 is 1.00 bits per heavy atom. The summed E-state index contributed by atoms with van der Waals surface area (Å²) in [5.41, 5.74) is 1.72. The first-order valence-corrected chi connectivity index (χ1v) is 8.62. The topological polar surface area (TPSA) is 33.2 Å². The second-order valence-corrected chi connectivity index (χ2v) is 6.88. The SMILES string of the molecule is CN(Cc1nc2ccccc2s1)C(=O)c1cccc2ccccc12. The van der Waals surface area contributed by atoms with E-state index in [9.17, 15) is 4.79 Å². The Balaban J connectivity index is 1.63. The molecule has 118 valence electrons. The Morgan fingerprint density at radius 2 is 1.75 bits per heavy atom. The molecule has 0 bridgehead atoms. The number of thiazole rings is 1. The zero-order valence-corrected chi connectivity index (χ0v) is 14.1. The molecule has 3 nitrogen and oxygen atoms in total. The summed E-state index contributed by atoms with van der Waals surface area (Å²) in [6, 6.07) is 21.9. The number of amides is 1. The van der Waals surface area contributed by atoms with Crippen LogP contribution in [0.15, 0.2) is 66.7 Å². The van der Waals surface area contributed by atoms with Gasteiger partial charge in [-0.2, -0.15) is 0 Å². The number of para-hydroxylation sites is 1. The van der Waals surface area contributed by atoms with Crippen molar-refractivity contribution >= 4 is 38.2 Å². The summed E-state index contributed by atoms with van der Waals surface area (Å²) in [6.45, 7) is 0.515. The zero-order valence-electron chi connectivity index (χ0n) is 13.3. The van der Waals surface area contributed by atoms with Gasteiger partial charge < -0.3 is 4.90 Å². The van der Waals surface area contributed by atoms with Crippen LogP contribution in [0.25, 0.3) is 21.0 Å². The summed E-state index contributed by atoms with van der Waals surface area (Å²) in [5, 5.41) is 3.02. The summed E-state index contributed by atoms with van der Waals surface area (Å²) in [4.78, 5) is 19.2. The molecular weight excluding hydrogens is 316 g/mol. The van der Waals surface area contributed by atoms with Gasteiger partial charge in [0.25, 0.3) is 5.91 Å². The van der Waals surface area contributed by atoms with Gasteiger partial charge in [0.05, 0.1) is 16.8 Å². The first kappa shape index (κ1) is 14.8. The van der Waals surface area contributed by atoms with Gasteiger partial charge in [-0.1, -0.05) is 48.5 Å². The predicted octanol–water partition coefficient (Wildman–Crippen LogP) is 4.72. The van der Waals surface area contributed by atoms with E-state index in [2.05, 4.69) is 11.1 Å². The Bertz CT molecular complexity index is 1000. The fourth-order valence-corrected chi connectivity index (χ4v) is 3.90. The third-order valence-electron chi connectivity index (χ3n) is 4.08. The highest BCUT2D eigenvalue weighted by molar-refractivity contribution is 7.18. The van der Waals surface area contributed by atoms with Crippen molar-refractivity contribution in [1.29, 1.82) is 0 Å². The standard InChI is InChI=1S/C20H16N2OS/c1-22(13-19-21-17-11-4-5-12-18(17)24-19)20(23)16-10-6-8-14-7-2-3-9-15(14)16/h2-12H,13H2,1H3. The third kappa shape index (κ3) is 2.65. The maximum Gasteiger partial charge on any atom is 0.254 e. The minimum atomic E-state index is 0.0195. The van der Waals surface area contributed by atoms with E-state index in [-0.39, 0.29) is 5.91 Å². The lowest BCUT2D eigenvalue weighted by Crippen LogP contribution is -2.26. The number of aromatic nitrogens is 1. The molecule has 4 aromatic rings. The van der Waals surface area contributed by atoms with Crippen LogP contribution in [0.1, 0.15) is 15.4 Å². The lowest BCUT2D eigenvalue weighted by Gasteiger charge is -2.17. The average Bonchev–Trinajstić information content (AvgIpc) is 3.02. The average molecular weight is 332 g/mol. The molecule has 1 amide bonds. The van der Waals surface area contributed by atoms with E-state index in [0.29, 0.717) is 6.54 Å². The molecule has 0 spiro atoms. The van der Waals surface area contributed by atoms with E-state index in [4.69, 9.17) is 0 Å². The fraction of sp³-hybridized carbons (Fsp3) is 0.100. The summed E-state index contributed by atoms with van der Waals surface area (Å²) in [7, 11) is 1.83. The Morgan fingerprint density at radius 3 is 2.62 bits per heavy atom. The largest absolute Gasteiger partial charge is 0.335 e. The van der Waals surface area contributed by atoms with Gasteiger partial charge in [0.2, 0.25) is 0 Å². The fourth-order valence-electron chi connectivity index (χ4n) is 2.88. The molecule has 0 saturated heterocycles. The van der Waals surface area contributed by atoms with E-state index in [1.165, 1.54) is 0 Å². The predicted molar refractivity (Wildman–Crippen MR) is 99.4 cm³/mol. The van der Waals surface area contributed by atoms with Crippen molar-refractivity contribution in [3.63, 3.8) is 0 Å². The van der Waals surface area contributed by atoms with Gasteiger partial charge in [-0.15, -0.1) is 11.3 Å². The number of nitrogens with zero attached hydrogens (tertiary/aromatic N) is 2. The van der Waals surface area contributed by atoms with Crippen LogP contribution in [0.5, 0.6) is 0 Å². The van der Waals surface area contributed by atoms with E-state index < -0.39 is 0 Å². The van der Waals surface area contributed by atoms with Gasteiger partial charge in [-0.3, -0.25) is 4.79 Å².